The fourth-order valence-electron chi connectivity index (χ4n) is 2.32. The van der Waals surface area contributed by atoms with Gasteiger partial charge >= 0.3 is 0 Å². The maximum Gasteiger partial charge on any atom is 0.186 e. The molecule has 152 valence electrons. The minimum Gasteiger partial charge on any atom is -0.394 e. The van der Waals surface area contributed by atoms with Crippen LogP contribution in [0.1, 0.15) is 58.3 Å². The van der Waals surface area contributed by atoms with Crippen molar-refractivity contribution < 1.29 is 20.1 Å². The zero-order chi connectivity index (χ0) is 20.2. The van der Waals surface area contributed by atoms with Crippen molar-refractivity contribution in [2.75, 3.05) is 6.61 Å². The second-order valence-electron chi connectivity index (χ2n) is 6.45. The highest BCUT2D eigenvalue weighted by molar-refractivity contribution is 5.94. The second kappa shape index (κ2) is 19.0. The fraction of sp³-hybridized carbons (Fsp3) is 0.522. The third-order valence-electron chi connectivity index (χ3n) is 3.99. The topological polar surface area (TPSA) is 77.8 Å². The first kappa shape index (κ1) is 25.2. The number of carbonyl (C=O) groups is 1. The Morgan fingerprint density at radius 3 is 1.89 bits per heavy atom. The maximum atomic E-state index is 11.4. The summed E-state index contributed by atoms with van der Waals surface area (Å²) >= 11 is 0. The molecule has 0 amide bonds. The van der Waals surface area contributed by atoms with Gasteiger partial charge in [0, 0.05) is 0 Å². The minimum absolute atomic E-state index is 0.642. The molecule has 27 heavy (non-hydrogen) atoms. The molecule has 0 spiro atoms. The Morgan fingerprint density at radius 1 is 0.778 bits per heavy atom. The fourth-order valence-corrected chi connectivity index (χ4v) is 2.32. The van der Waals surface area contributed by atoms with Crippen molar-refractivity contribution in [2.24, 2.45) is 0 Å². The van der Waals surface area contributed by atoms with Crippen LogP contribution in [0, 0.1) is 0 Å². The van der Waals surface area contributed by atoms with E-state index in [1.165, 1.54) is 51.0 Å². The van der Waals surface area contributed by atoms with Gasteiger partial charge in [-0.1, -0.05) is 100 Å². The van der Waals surface area contributed by atoms with Crippen molar-refractivity contribution in [1.29, 1.82) is 0 Å². The van der Waals surface area contributed by atoms with Gasteiger partial charge in [-0.15, -0.1) is 0 Å². The zero-order valence-electron chi connectivity index (χ0n) is 16.5. The lowest BCUT2D eigenvalue weighted by Crippen LogP contribution is -2.35. The molecule has 0 saturated carbocycles. The summed E-state index contributed by atoms with van der Waals surface area (Å²) < 4.78 is 0. The molecular weight excluding hydrogens is 340 g/mol. The van der Waals surface area contributed by atoms with Gasteiger partial charge in [0.15, 0.2) is 5.78 Å². The molecule has 0 aromatic carbocycles. The number of rotatable bonds is 16. The Kier molecular flexibility index (Phi) is 17.8. The summed E-state index contributed by atoms with van der Waals surface area (Å²) in [5, 5.41) is 27.2. The van der Waals surface area contributed by atoms with Gasteiger partial charge in [-0.25, -0.2) is 0 Å². The van der Waals surface area contributed by atoms with E-state index in [1.54, 1.807) is 12.2 Å². The van der Waals surface area contributed by atoms with Crippen molar-refractivity contribution in [3.63, 3.8) is 0 Å². The van der Waals surface area contributed by atoms with E-state index in [9.17, 15) is 9.90 Å². The van der Waals surface area contributed by atoms with E-state index >= 15 is 0 Å². The highest BCUT2D eigenvalue weighted by Crippen LogP contribution is 2.08. The van der Waals surface area contributed by atoms with Gasteiger partial charge in [0.25, 0.3) is 0 Å². The van der Waals surface area contributed by atoms with Crippen molar-refractivity contribution in [3.8, 4) is 0 Å². The van der Waals surface area contributed by atoms with E-state index < -0.39 is 24.6 Å². The summed E-state index contributed by atoms with van der Waals surface area (Å²) in [6.07, 6.45) is 25.3. The molecule has 3 N–H and O–H groups in total. The van der Waals surface area contributed by atoms with Crippen molar-refractivity contribution in [1.82, 2.24) is 0 Å². The SMILES string of the molecule is CCCCCCCCC/C=C/C=C/C=C/C=C/C=C/C(=O)C(O)C(O)CO. The molecule has 2 atom stereocenters. The molecule has 0 aromatic heterocycles. The predicted octanol–water partition coefficient (Wildman–Crippen LogP) is 4.19. The van der Waals surface area contributed by atoms with Crippen LogP contribution in [0.3, 0.4) is 0 Å². The van der Waals surface area contributed by atoms with E-state index in [4.69, 9.17) is 10.2 Å². The average molecular weight is 377 g/mol. The first-order valence-corrected chi connectivity index (χ1v) is 9.97. The Bertz CT molecular complexity index is 501. The van der Waals surface area contributed by atoms with Crippen LogP contribution in [0.25, 0.3) is 0 Å². The molecular formula is C23H36O4. The van der Waals surface area contributed by atoms with Crippen molar-refractivity contribution in [3.05, 3.63) is 60.8 Å². The van der Waals surface area contributed by atoms with Crippen LogP contribution < -0.4 is 0 Å². The van der Waals surface area contributed by atoms with Gasteiger partial charge < -0.3 is 15.3 Å². The maximum absolute atomic E-state index is 11.4. The molecule has 0 heterocycles. The second-order valence-corrected chi connectivity index (χ2v) is 6.45. The summed E-state index contributed by atoms with van der Waals surface area (Å²) in [5.41, 5.74) is 0. The van der Waals surface area contributed by atoms with Crippen molar-refractivity contribution >= 4 is 5.78 Å². The quantitative estimate of drug-likeness (QED) is 0.214. The van der Waals surface area contributed by atoms with Gasteiger partial charge in [-0.3, -0.25) is 4.79 Å². The summed E-state index contributed by atoms with van der Waals surface area (Å²) in [5.74, 6) is -0.642. The molecule has 0 radical (unpaired) electrons. The molecule has 0 aliphatic rings. The van der Waals surface area contributed by atoms with Gasteiger partial charge in [0.05, 0.1) is 6.61 Å². The monoisotopic (exact) mass is 376 g/mol. The average Bonchev–Trinajstić information content (AvgIpc) is 2.68. The third kappa shape index (κ3) is 16.2. The molecule has 0 bridgehead atoms. The summed E-state index contributed by atoms with van der Waals surface area (Å²) in [4.78, 5) is 11.4. The third-order valence-corrected chi connectivity index (χ3v) is 3.99. The Hall–Kier alpha value is -1.75. The Balaban J connectivity index is 3.78. The first-order valence-electron chi connectivity index (χ1n) is 9.97. The molecule has 2 unspecified atom stereocenters. The van der Waals surface area contributed by atoms with Crippen LogP contribution in [0.2, 0.25) is 0 Å². The van der Waals surface area contributed by atoms with E-state index in [1.807, 2.05) is 24.3 Å². The number of aliphatic hydroxyl groups is 3. The Labute approximate surface area is 164 Å². The van der Waals surface area contributed by atoms with Gasteiger partial charge in [-0.2, -0.15) is 0 Å². The molecule has 0 rings (SSSR count). The van der Waals surface area contributed by atoms with Gasteiger partial charge in [0.1, 0.15) is 12.2 Å². The van der Waals surface area contributed by atoms with Crippen molar-refractivity contribution in [2.45, 2.75) is 70.5 Å². The minimum atomic E-state index is -1.59. The zero-order valence-corrected chi connectivity index (χ0v) is 16.5. The van der Waals surface area contributed by atoms with Crippen LogP contribution in [0.4, 0.5) is 0 Å². The highest BCUT2D eigenvalue weighted by Gasteiger charge is 2.20. The molecule has 4 heteroatoms. The number of unbranched alkanes of at least 4 members (excludes halogenated alkanes) is 7. The molecule has 0 saturated heterocycles. The van der Waals surface area contributed by atoms with E-state index in [-0.39, 0.29) is 0 Å². The Morgan fingerprint density at radius 2 is 1.30 bits per heavy atom. The van der Waals surface area contributed by atoms with Crippen LogP contribution in [-0.2, 0) is 4.79 Å². The number of ketones is 1. The largest absolute Gasteiger partial charge is 0.394 e. The van der Waals surface area contributed by atoms with Crippen LogP contribution >= 0.6 is 0 Å². The smallest absolute Gasteiger partial charge is 0.186 e. The van der Waals surface area contributed by atoms with Gasteiger partial charge in [0.2, 0.25) is 0 Å². The number of hydrogen-bond donors (Lipinski definition) is 3. The molecule has 0 aromatic rings. The van der Waals surface area contributed by atoms with Crippen LogP contribution in [0.5, 0.6) is 0 Å². The number of hydrogen-bond acceptors (Lipinski definition) is 4. The van der Waals surface area contributed by atoms with Crippen LogP contribution in [0.15, 0.2) is 60.8 Å². The summed E-state index contributed by atoms with van der Waals surface area (Å²) in [6.45, 7) is 1.59. The number of allylic oxidation sites excluding steroid dienone is 9. The lowest BCUT2D eigenvalue weighted by Gasteiger charge is -2.11. The van der Waals surface area contributed by atoms with E-state index in [0.717, 1.165) is 12.5 Å². The number of carbonyl (C=O) groups excluding carboxylic acids is 1. The molecule has 0 aliphatic heterocycles. The number of aliphatic hydroxyl groups excluding tert-OH is 3. The predicted molar refractivity (Wildman–Crippen MR) is 112 cm³/mol. The molecule has 0 aliphatic carbocycles. The lowest BCUT2D eigenvalue weighted by atomic mass is 10.1. The molecule has 0 fully saturated rings. The normalized spacial score (nSPS) is 15.1. The summed E-state index contributed by atoms with van der Waals surface area (Å²) in [6, 6.07) is 0. The lowest BCUT2D eigenvalue weighted by molar-refractivity contribution is -0.129. The standard InChI is InChI=1S/C23H36O4/c1-2-3-4-5-6-7-8-9-10-11-12-13-14-15-16-17-18-19-21(25)23(27)22(26)20-24/h10-19,22-24,26-27H,2-9,20H2,1H3/b11-10+,13-12+,15-14+,17-16+,19-18+. The van der Waals surface area contributed by atoms with Crippen LogP contribution in [-0.4, -0.2) is 39.9 Å². The first-order chi connectivity index (χ1) is 13.1. The summed E-state index contributed by atoms with van der Waals surface area (Å²) in [7, 11) is 0. The van der Waals surface area contributed by atoms with E-state index in [2.05, 4.69) is 19.1 Å². The van der Waals surface area contributed by atoms with Gasteiger partial charge in [-0.05, 0) is 18.9 Å². The van der Waals surface area contributed by atoms with E-state index in [0.29, 0.717) is 0 Å². The molecule has 4 nitrogen and oxygen atoms in total. The highest BCUT2D eigenvalue weighted by atomic mass is 16.4.